The molecule has 4 amide bonds. The number of amides is 4. The first-order valence-corrected chi connectivity index (χ1v) is 35.6. The normalized spacial score (nSPS) is 19.6. The van der Waals surface area contributed by atoms with Gasteiger partial charge in [0.15, 0.2) is 0 Å². The summed E-state index contributed by atoms with van der Waals surface area (Å²) in [6.07, 6.45) is 12.6. The number of aryl methyl sites for hydroxylation is 1. The third kappa shape index (κ3) is 14.4. The van der Waals surface area contributed by atoms with Crippen molar-refractivity contribution in [3.05, 3.63) is 256 Å². The Balaban J connectivity index is 0.000000131. The number of carbonyl (C=O) groups excluding carboxylic acids is 4. The Morgan fingerprint density at radius 2 is 0.757 bits per heavy atom. The summed E-state index contributed by atoms with van der Waals surface area (Å²) in [6, 6.07) is 44.3. The van der Waals surface area contributed by atoms with Gasteiger partial charge in [0.05, 0.1) is 49.9 Å². The van der Waals surface area contributed by atoms with Crippen LogP contribution in [0, 0.1) is 46.5 Å². The smallest absolute Gasteiger partial charge is 0.272 e. The van der Waals surface area contributed by atoms with E-state index in [4.69, 9.17) is 0 Å². The molecule has 8 heterocycles. The van der Waals surface area contributed by atoms with Gasteiger partial charge in [0.1, 0.15) is 17.5 Å². The molecule has 18 nitrogen and oxygen atoms in total. The zero-order valence-electron chi connectivity index (χ0n) is 57.1. The third-order valence-electron chi connectivity index (χ3n) is 22.6. The maximum Gasteiger partial charge on any atom is 0.272 e. The Morgan fingerprint density at radius 1 is 0.417 bits per heavy atom. The molecule has 2 aliphatic carbocycles. The molecule has 7 fully saturated rings. The first-order valence-electron chi connectivity index (χ1n) is 35.6. The highest BCUT2D eigenvalue weighted by Crippen LogP contribution is 2.47. The molecule has 3 spiro atoms. The van der Waals surface area contributed by atoms with Gasteiger partial charge in [0.25, 0.3) is 34.4 Å². The topological polar surface area (TPSA) is 222 Å². The number of aromatic amines is 3. The lowest BCUT2D eigenvalue weighted by Crippen LogP contribution is -2.36. The van der Waals surface area contributed by atoms with E-state index >= 15 is 0 Å². The molecule has 17 rings (SSSR count). The molecule has 3 aromatic heterocycles. The van der Waals surface area contributed by atoms with Crippen molar-refractivity contribution in [2.24, 2.45) is 22.2 Å². The van der Waals surface area contributed by atoms with Crippen LogP contribution >= 0.6 is 0 Å². The summed E-state index contributed by atoms with van der Waals surface area (Å²) in [5, 5.41) is 24.2. The maximum absolute atomic E-state index is 14.9. The summed E-state index contributed by atoms with van der Waals surface area (Å²) in [5.41, 5.74) is 6.56. The highest BCUT2D eigenvalue weighted by Gasteiger charge is 2.49. The number of fused-ring (bicyclic) bond motifs is 3. The SMILES string of the molecule is C.Cc1ccc(N2CCC3(CCN(C(=O)c4cc(Cc5n[nH]c(=O)c6ccccc56)ccc4F)C3)C2)cc1.O=C(c1cc(Cc2n[nH]c(=O)c3ccccc23)ccc1F)N1CCC2(CCCC2)C1.O=C(c1cc(Cc2n[nH]c(=O)c3ccccc23)ccc1F)N1CCC2(CCN(C(=O)C3CC3)C2)C1. The Hall–Kier alpha value is -10.6. The Labute approximate surface area is 594 Å². The van der Waals surface area contributed by atoms with Crippen LogP contribution in [0.5, 0.6) is 0 Å². The standard InChI is InChI=1S/C30H29FN4O2.C27H27FN4O3.C24H24FN3O2.CH4/c1-20-6-9-22(10-7-20)34-14-12-30(18-34)13-15-35(19-30)29(37)25-16-21(8-11-26(25)31)17-27-23-4-2-3-5-24(23)28(36)33-32-27;28-22-8-5-17(14-23-19-3-1-2-4-20(19)24(33)30-29-23)13-21(22)26(35)32-12-10-27(16-32)9-11-31(15-27)25(34)18-6-7-18;25-20-8-7-16(14-21-17-5-1-2-6-18(17)22(29)27-26-21)13-19(20)23(30)28-12-11-24(15-28)9-3-4-10-24;/h2-11,16H,12-15,17-19H2,1H3,(H,33,36);1-5,8,13,18H,6-7,9-12,14-16H2,(H,30,33);1-2,5-8,13H,3-4,9-12,14-15H2,(H,27,29);1H4. The monoisotopic (exact) mass is 1390 g/mol. The van der Waals surface area contributed by atoms with Gasteiger partial charge in [-0.2, -0.15) is 15.3 Å². The van der Waals surface area contributed by atoms with Crippen LogP contribution in [0.2, 0.25) is 0 Å². The van der Waals surface area contributed by atoms with Gasteiger partial charge in [-0.15, -0.1) is 0 Å². The maximum atomic E-state index is 14.9. The first-order chi connectivity index (χ1) is 49.4. The van der Waals surface area contributed by atoms with Gasteiger partial charge >= 0.3 is 0 Å². The summed E-state index contributed by atoms with van der Waals surface area (Å²) in [6.45, 7) is 9.25. The van der Waals surface area contributed by atoms with E-state index in [0.717, 1.165) is 104 Å². The van der Waals surface area contributed by atoms with Gasteiger partial charge < -0.3 is 24.5 Å². The van der Waals surface area contributed by atoms with Gasteiger partial charge in [0, 0.05) is 123 Å². The van der Waals surface area contributed by atoms with Crippen molar-refractivity contribution < 1.29 is 32.3 Å². The summed E-state index contributed by atoms with van der Waals surface area (Å²) in [4.78, 5) is 98.3. The summed E-state index contributed by atoms with van der Waals surface area (Å²) in [7, 11) is 0. The number of aromatic nitrogens is 6. The Kier molecular flexibility index (Phi) is 19.4. The van der Waals surface area contributed by atoms with Crippen molar-refractivity contribution in [3.63, 3.8) is 0 Å². The molecule has 530 valence electrons. The van der Waals surface area contributed by atoms with Crippen LogP contribution in [0.25, 0.3) is 32.3 Å². The largest absolute Gasteiger partial charge is 0.371 e. The van der Waals surface area contributed by atoms with Gasteiger partial charge in [-0.3, -0.25) is 33.6 Å². The number of halogens is 3. The predicted molar refractivity (Wildman–Crippen MR) is 391 cm³/mol. The molecular weight excluding hydrogens is 1310 g/mol. The van der Waals surface area contributed by atoms with Crippen molar-refractivity contribution in [1.29, 1.82) is 0 Å². The average molecular weight is 1390 g/mol. The molecule has 7 aliphatic rings. The molecule has 5 saturated heterocycles. The number of carbonyl (C=O) groups is 4. The number of anilines is 1. The van der Waals surface area contributed by atoms with Crippen LogP contribution < -0.4 is 21.6 Å². The van der Waals surface area contributed by atoms with Crippen LogP contribution in [0.1, 0.15) is 148 Å². The molecule has 2 atom stereocenters. The zero-order chi connectivity index (χ0) is 70.4. The summed E-state index contributed by atoms with van der Waals surface area (Å²) < 4.78 is 44.2. The van der Waals surface area contributed by atoms with E-state index in [0.29, 0.717) is 91.8 Å². The van der Waals surface area contributed by atoms with Crippen molar-refractivity contribution in [1.82, 2.24) is 50.2 Å². The molecular formula is C82H84F3N11O7. The van der Waals surface area contributed by atoms with E-state index in [2.05, 4.69) is 66.7 Å². The van der Waals surface area contributed by atoms with Crippen molar-refractivity contribution >= 4 is 61.6 Å². The lowest BCUT2D eigenvalue weighted by Gasteiger charge is -2.26. The van der Waals surface area contributed by atoms with Crippen molar-refractivity contribution in [2.45, 2.75) is 104 Å². The van der Waals surface area contributed by atoms with Gasteiger partial charge in [0.2, 0.25) is 5.91 Å². The molecule has 2 saturated carbocycles. The molecule has 3 N–H and O–H groups in total. The molecule has 0 radical (unpaired) electrons. The second-order valence-electron chi connectivity index (χ2n) is 29.5. The lowest BCUT2D eigenvalue weighted by atomic mass is 9.86. The first kappa shape index (κ1) is 69.5. The van der Waals surface area contributed by atoms with E-state index < -0.39 is 17.5 Å². The van der Waals surface area contributed by atoms with Gasteiger partial charge in [-0.1, -0.05) is 111 Å². The number of benzene rings is 7. The van der Waals surface area contributed by atoms with E-state index in [-0.39, 0.29) is 86.6 Å². The fraction of sp³-hybridized carbons (Fsp3) is 0.366. The Morgan fingerprint density at radius 3 is 1.16 bits per heavy atom. The van der Waals surface area contributed by atoms with Crippen LogP contribution in [0.3, 0.4) is 0 Å². The summed E-state index contributed by atoms with van der Waals surface area (Å²) in [5.74, 6) is -1.88. The second-order valence-corrected chi connectivity index (χ2v) is 29.5. The number of H-pyrrole nitrogens is 3. The zero-order valence-corrected chi connectivity index (χ0v) is 57.1. The molecule has 5 aliphatic heterocycles. The fourth-order valence-corrected chi connectivity index (χ4v) is 16.7. The third-order valence-corrected chi connectivity index (χ3v) is 22.6. The summed E-state index contributed by atoms with van der Waals surface area (Å²) >= 11 is 0. The quantitative estimate of drug-likeness (QED) is 0.110. The minimum Gasteiger partial charge on any atom is -0.371 e. The minimum atomic E-state index is -0.545. The van der Waals surface area contributed by atoms with E-state index in [1.165, 1.54) is 55.1 Å². The molecule has 103 heavy (non-hydrogen) atoms. The molecule has 21 heteroatoms. The highest BCUT2D eigenvalue weighted by atomic mass is 19.1. The van der Waals surface area contributed by atoms with E-state index in [1.54, 1.807) is 65.6 Å². The second kappa shape index (κ2) is 28.7. The number of likely N-dealkylation sites (tertiary alicyclic amines) is 4. The lowest BCUT2D eigenvalue weighted by molar-refractivity contribution is -0.131. The van der Waals surface area contributed by atoms with Crippen LogP contribution in [-0.2, 0) is 24.1 Å². The predicted octanol–water partition coefficient (Wildman–Crippen LogP) is 12.5. The van der Waals surface area contributed by atoms with Gasteiger partial charge in [-0.05, 0) is 154 Å². The highest BCUT2D eigenvalue weighted by molar-refractivity contribution is 5.97. The Bertz CT molecular complexity index is 5130. The minimum absolute atomic E-state index is 0. The number of nitrogens with one attached hydrogen (secondary N) is 3. The number of hydrogen-bond acceptors (Lipinski definition) is 11. The molecule has 2 unspecified atom stereocenters. The van der Waals surface area contributed by atoms with Crippen molar-refractivity contribution in [3.8, 4) is 0 Å². The molecule has 7 aromatic carbocycles. The average Bonchev–Trinajstić information content (AvgIpc) is 1.49. The van der Waals surface area contributed by atoms with E-state index in [1.807, 2.05) is 63.2 Å². The van der Waals surface area contributed by atoms with Crippen LogP contribution in [-0.4, -0.2) is 139 Å². The number of nitrogens with zero attached hydrogens (tertiary/aromatic N) is 8. The number of rotatable bonds is 11. The molecule has 10 aromatic rings. The van der Waals surface area contributed by atoms with Crippen LogP contribution in [0.15, 0.2) is 166 Å². The van der Waals surface area contributed by atoms with E-state index in [9.17, 15) is 46.7 Å². The fourth-order valence-electron chi connectivity index (χ4n) is 16.7. The van der Waals surface area contributed by atoms with Gasteiger partial charge in [-0.25, -0.2) is 28.5 Å². The molecule has 0 bridgehead atoms. The van der Waals surface area contributed by atoms with Crippen molar-refractivity contribution in [2.75, 3.05) is 70.3 Å². The number of hydrogen-bond donors (Lipinski definition) is 3. The van der Waals surface area contributed by atoms with Crippen LogP contribution in [0.4, 0.5) is 18.9 Å².